The van der Waals surface area contributed by atoms with Crippen LogP contribution in [0, 0.1) is 5.82 Å². The average molecular weight is 278 g/mol. The first-order valence-electron chi connectivity index (χ1n) is 4.57. The molecule has 0 radical (unpaired) electrons. The SMILES string of the molecule is OCC(O)CNCc1ccc(Br)c(F)c1. The summed E-state index contributed by atoms with van der Waals surface area (Å²) in [5.41, 5.74) is 0.792. The normalized spacial score (nSPS) is 12.8. The molecule has 0 bridgehead atoms. The fourth-order valence-corrected chi connectivity index (χ4v) is 1.34. The summed E-state index contributed by atoms with van der Waals surface area (Å²) in [6, 6.07) is 4.84. The molecule has 0 aliphatic rings. The Morgan fingerprint density at radius 3 is 2.80 bits per heavy atom. The van der Waals surface area contributed by atoms with Crippen molar-refractivity contribution in [2.24, 2.45) is 0 Å². The summed E-state index contributed by atoms with van der Waals surface area (Å²) in [7, 11) is 0. The second-order valence-electron chi connectivity index (χ2n) is 3.22. The summed E-state index contributed by atoms with van der Waals surface area (Å²) < 4.78 is 13.5. The average Bonchev–Trinajstić information content (AvgIpc) is 2.23. The molecule has 1 rings (SSSR count). The Hall–Kier alpha value is -0.490. The van der Waals surface area contributed by atoms with Gasteiger partial charge in [-0.25, -0.2) is 4.39 Å². The lowest BCUT2D eigenvalue weighted by molar-refractivity contribution is 0.0942. The zero-order valence-electron chi connectivity index (χ0n) is 8.08. The second kappa shape index (κ2) is 6.17. The van der Waals surface area contributed by atoms with E-state index in [4.69, 9.17) is 10.2 Å². The van der Waals surface area contributed by atoms with Crippen LogP contribution in [-0.4, -0.2) is 29.5 Å². The predicted molar refractivity (Wildman–Crippen MR) is 58.9 cm³/mol. The molecule has 0 saturated carbocycles. The molecule has 84 valence electrons. The highest BCUT2D eigenvalue weighted by molar-refractivity contribution is 9.10. The van der Waals surface area contributed by atoms with Gasteiger partial charge in [-0.3, -0.25) is 0 Å². The summed E-state index contributed by atoms with van der Waals surface area (Å²) >= 11 is 3.06. The highest BCUT2D eigenvalue weighted by Gasteiger charge is 2.02. The van der Waals surface area contributed by atoms with Crippen molar-refractivity contribution in [2.75, 3.05) is 13.2 Å². The number of benzene rings is 1. The molecule has 0 aliphatic carbocycles. The Balaban J connectivity index is 2.41. The molecule has 3 N–H and O–H groups in total. The van der Waals surface area contributed by atoms with Gasteiger partial charge in [-0.2, -0.15) is 0 Å². The third-order valence-corrected chi connectivity index (χ3v) is 2.55. The van der Waals surface area contributed by atoms with E-state index in [9.17, 15) is 4.39 Å². The van der Waals surface area contributed by atoms with Gasteiger partial charge in [0.05, 0.1) is 17.2 Å². The number of hydrogen-bond donors (Lipinski definition) is 3. The van der Waals surface area contributed by atoms with Crippen LogP contribution in [0.5, 0.6) is 0 Å². The molecule has 0 fully saturated rings. The molecule has 0 aromatic heterocycles. The van der Waals surface area contributed by atoms with Crippen molar-refractivity contribution < 1.29 is 14.6 Å². The van der Waals surface area contributed by atoms with Crippen molar-refractivity contribution in [3.8, 4) is 0 Å². The predicted octanol–water partition coefficient (Wildman–Crippen LogP) is 1.03. The van der Waals surface area contributed by atoms with Gasteiger partial charge >= 0.3 is 0 Å². The van der Waals surface area contributed by atoms with Crippen molar-refractivity contribution in [3.63, 3.8) is 0 Å². The zero-order chi connectivity index (χ0) is 11.3. The monoisotopic (exact) mass is 277 g/mol. The molecular weight excluding hydrogens is 265 g/mol. The highest BCUT2D eigenvalue weighted by Crippen LogP contribution is 2.16. The van der Waals surface area contributed by atoms with Gasteiger partial charge in [-0.05, 0) is 33.6 Å². The molecule has 1 unspecified atom stereocenters. The Bertz CT molecular complexity index is 322. The van der Waals surface area contributed by atoms with Crippen molar-refractivity contribution in [1.82, 2.24) is 5.32 Å². The third kappa shape index (κ3) is 4.25. The van der Waals surface area contributed by atoms with E-state index in [1.807, 2.05) is 0 Å². The number of hydrogen-bond acceptors (Lipinski definition) is 3. The zero-order valence-corrected chi connectivity index (χ0v) is 9.67. The second-order valence-corrected chi connectivity index (χ2v) is 4.07. The quantitative estimate of drug-likeness (QED) is 0.754. The first-order chi connectivity index (χ1) is 7.13. The van der Waals surface area contributed by atoms with Crippen LogP contribution >= 0.6 is 15.9 Å². The third-order valence-electron chi connectivity index (χ3n) is 1.90. The molecule has 5 heteroatoms. The summed E-state index contributed by atoms with van der Waals surface area (Å²) in [6.07, 6.45) is -0.773. The molecule has 1 atom stereocenters. The van der Waals surface area contributed by atoms with Gasteiger partial charge in [0.2, 0.25) is 0 Å². The lowest BCUT2D eigenvalue weighted by Crippen LogP contribution is -2.28. The molecule has 1 aromatic rings. The molecule has 0 aliphatic heterocycles. The smallest absolute Gasteiger partial charge is 0.137 e. The van der Waals surface area contributed by atoms with E-state index < -0.39 is 6.10 Å². The van der Waals surface area contributed by atoms with Crippen molar-refractivity contribution >= 4 is 15.9 Å². The van der Waals surface area contributed by atoms with Gasteiger partial charge in [0.1, 0.15) is 5.82 Å². The van der Waals surface area contributed by atoms with Crippen LogP contribution in [0.15, 0.2) is 22.7 Å². The molecule has 0 heterocycles. The summed E-state index contributed by atoms with van der Waals surface area (Å²) in [5, 5.41) is 20.5. The van der Waals surface area contributed by atoms with Crippen LogP contribution < -0.4 is 5.32 Å². The topological polar surface area (TPSA) is 52.5 Å². The summed E-state index contributed by atoms with van der Waals surface area (Å²) in [5.74, 6) is -0.308. The van der Waals surface area contributed by atoms with Gasteiger partial charge in [0, 0.05) is 13.1 Å². The summed E-state index contributed by atoms with van der Waals surface area (Å²) in [4.78, 5) is 0. The first kappa shape index (κ1) is 12.6. The number of aliphatic hydroxyl groups excluding tert-OH is 2. The van der Waals surface area contributed by atoms with E-state index in [0.29, 0.717) is 11.0 Å². The Morgan fingerprint density at radius 1 is 1.47 bits per heavy atom. The standard InChI is InChI=1S/C10H13BrFNO2/c11-9-2-1-7(3-10(9)12)4-13-5-8(15)6-14/h1-3,8,13-15H,4-6H2. The van der Waals surface area contributed by atoms with Gasteiger partial charge in [-0.1, -0.05) is 6.07 Å². The van der Waals surface area contributed by atoms with Gasteiger partial charge in [0.25, 0.3) is 0 Å². The van der Waals surface area contributed by atoms with Crippen LogP contribution in [0.2, 0.25) is 0 Å². The minimum absolute atomic E-state index is 0.276. The minimum Gasteiger partial charge on any atom is -0.394 e. The van der Waals surface area contributed by atoms with Crippen molar-refractivity contribution in [2.45, 2.75) is 12.6 Å². The van der Waals surface area contributed by atoms with E-state index in [-0.39, 0.29) is 19.0 Å². The van der Waals surface area contributed by atoms with Crippen LogP contribution in [-0.2, 0) is 6.54 Å². The van der Waals surface area contributed by atoms with Crippen LogP contribution in [0.25, 0.3) is 0 Å². The maximum absolute atomic E-state index is 13.1. The van der Waals surface area contributed by atoms with Crippen LogP contribution in [0.3, 0.4) is 0 Å². The number of nitrogens with one attached hydrogen (secondary N) is 1. The number of aliphatic hydroxyl groups is 2. The van der Waals surface area contributed by atoms with Crippen LogP contribution in [0.4, 0.5) is 4.39 Å². The Labute approximate surface area is 96.1 Å². The molecule has 0 spiro atoms. The minimum atomic E-state index is -0.773. The maximum atomic E-state index is 13.1. The lowest BCUT2D eigenvalue weighted by Gasteiger charge is -2.09. The molecule has 0 saturated heterocycles. The summed E-state index contributed by atoms with van der Waals surface area (Å²) in [6.45, 7) is 0.469. The van der Waals surface area contributed by atoms with E-state index >= 15 is 0 Å². The van der Waals surface area contributed by atoms with E-state index in [1.165, 1.54) is 6.07 Å². The fraction of sp³-hybridized carbons (Fsp3) is 0.400. The van der Waals surface area contributed by atoms with Gasteiger partial charge in [0.15, 0.2) is 0 Å². The largest absolute Gasteiger partial charge is 0.394 e. The van der Waals surface area contributed by atoms with E-state index in [2.05, 4.69) is 21.2 Å². The molecule has 1 aromatic carbocycles. The van der Waals surface area contributed by atoms with Crippen molar-refractivity contribution in [3.05, 3.63) is 34.1 Å². The fourth-order valence-electron chi connectivity index (χ4n) is 1.10. The number of rotatable bonds is 5. The molecule has 0 amide bonds. The first-order valence-corrected chi connectivity index (χ1v) is 5.36. The van der Waals surface area contributed by atoms with Crippen LogP contribution in [0.1, 0.15) is 5.56 Å². The van der Waals surface area contributed by atoms with E-state index in [1.54, 1.807) is 12.1 Å². The van der Waals surface area contributed by atoms with Crippen molar-refractivity contribution in [1.29, 1.82) is 0 Å². The number of halogens is 2. The molecular formula is C10H13BrFNO2. The molecule has 3 nitrogen and oxygen atoms in total. The van der Waals surface area contributed by atoms with E-state index in [0.717, 1.165) is 5.56 Å². The maximum Gasteiger partial charge on any atom is 0.137 e. The van der Waals surface area contributed by atoms with Gasteiger partial charge in [-0.15, -0.1) is 0 Å². The Morgan fingerprint density at radius 2 is 2.20 bits per heavy atom. The Kier molecular flexibility index (Phi) is 5.17. The van der Waals surface area contributed by atoms with Gasteiger partial charge < -0.3 is 15.5 Å². The molecule has 15 heavy (non-hydrogen) atoms. The highest BCUT2D eigenvalue weighted by atomic mass is 79.9. The lowest BCUT2D eigenvalue weighted by atomic mass is 10.2.